The van der Waals surface area contributed by atoms with Gasteiger partial charge in [-0.2, -0.15) is 0 Å². The van der Waals surface area contributed by atoms with Crippen LogP contribution in [0.5, 0.6) is 0 Å². The maximum atomic E-state index is 12.4. The molecule has 0 saturated carbocycles. The number of alkyl carbamates (subject to hydrolysis) is 1. The molecule has 0 spiro atoms. The molecule has 0 radical (unpaired) electrons. The van der Waals surface area contributed by atoms with E-state index in [-0.39, 0.29) is 12.2 Å². The van der Waals surface area contributed by atoms with E-state index in [1.807, 2.05) is 56.0 Å². The number of nitrogens with one attached hydrogen (secondary N) is 1. The van der Waals surface area contributed by atoms with Gasteiger partial charge in [0.15, 0.2) is 0 Å². The smallest absolute Gasteiger partial charge is 0.410 e. The highest BCUT2D eigenvalue weighted by atomic mass is 16.6. The van der Waals surface area contributed by atoms with E-state index in [0.29, 0.717) is 31.7 Å². The van der Waals surface area contributed by atoms with E-state index in [9.17, 15) is 9.59 Å². The number of hydrogen-bond acceptors (Lipinski definition) is 5. The van der Waals surface area contributed by atoms with Gasteiger partial charge < -0.3 is 19.7 Å². The van der Waals surface area contributed by atoms with Crippen molar-refractivity contribution in [2.24, 2.45) is 5.92 Å². The standard InChI is InChI=1S/C22H33N3O4/c1-22(2,3)29-20(26)23-12-18-13-25(14-18)19-10-7-11-24(15-19)21(27)28-16-17-8-5-4-6-9-17/h4-6,8-9,18-19H,7,10-16H2,1-3H3,(H,23,26). The van der Waals surface area contributed by atoms with Crippen LogP contribution in [0.2, 0.25) is 0 Å². The molecule has 3 rings (SSSR count). The summed E-state index contributed by atoms with van der Waals surface area (Å²) in [6, 6.07) is 10.1. The summed E-state index contributed by atoms with van der Waals surface area (Å²) in [4.78, 5) is 28.4. The third-order valence-corrected chi connectivity index (χ3v) is 5.30. The minimum Gasteiger partial charge on any atom is -0.445 e. The Labute approximate surface area is 173 Å². The van der Waals surface area contributed by atoms with Crippen molar-refractivity contribution < 1.29 is 19.1 Å². The van der Waals surface area contributed by atoms with E-state index in [1.54, 1.807) is 0 Å². The van der Waals surface area contributed by atoms with Crippen molar-refractivity contribution in [1.29, 1.82) is 0 Å². The summed E-state index contributed by atoms with van der Waals surface area (Å²) in [5.74, 6) is 0.433. The largest absolute Gasteiger partial charge is 0.445 e. The fraction of sp³-hybridized carbons (Fsp3) is 0.636. The van der Waals surface area contributed by atoms with Crippen LogP contribution in [0.3, 0.4) is 0 Å². The van der Waals surface area contributed by atoms with Crippen LogP contribution in [0.4, 0.5) is 9.59 Å². The van der Waals surface area contributed by atoms with Crippen LogP contribution in [0.25, 0.3) is 0 Å². The molecule has 0 aromatic heterocycles. The van der Waals surface area contributed by atoms with E-state index >= 15 is 0 Å². The lowest BCUT2D eigenvalue weighted by Gasteiger charge is -2.47. The van der Waals surface area contributed by atoms with Crippen LogP contribution in [0.15, 0.2) is 30.3 Å². The van der Waals surface area contributed by atoms with Gasteiger partial charge in [-0.05, 0) is 39.2 Å². The topological polar surface area (TPSA) is 71.1 Å². The monoisotopic (exact) mass is 403 g/mol. The minimum absolute atomic E-state index is 0.234. The summed E-state index contributed by atoms with van der Waals surface area (Å²) in [5.41, 5.74) is 0.522. The third kappa shape index (κ3) is 6.63. The highest BCUT2D eigenvalue weighted by molar-refractivity contribution is 5.68. The zero-order chi connectivity index (χ0) is 20.9. The average molecular weight is 404 g/mol. The van der Waals surface area contributed by atoms with Crippen LogP contribution in [0.1, 0.15) is 39.2 Å². The molecule has 1 aromatic carbocycles. The number of amides is 2. The second-order valence-corrected chi connectivity index (χ2v) is 8.98. The fourth-order valence-corrected chi connectivity index (χ4v) is 3.81. The number of ether oxygens (including phenoxy) is 2. The Morgan fingerprint density at radius 3 is 2.55 bits per heavy atom. The minimum atomic E-state index is -0.476. The Morgan fingerprint density at radius 1 is 1.14 bits per heavy atom. The van der Waals surface area contributed by atoms with E-state index in [4.69, 9.17) is 9.47 Å². The van der Waals surface area contributed by atoms with Crippen molar-refractivity contribution in [3.05, 3.63) is 35.9 Å². The first-order chi connectivity index (χ1) is 13.8. The van der Waals surface area contributed by atoms with Crippen molar-refractivity contribution in [3.63, 3.8) is 0 Å². The van der Waals surface area contributed by atoms with Crippen molar-refractivity contribution in [1.82, 2.24) is 15.1 Å². The molecule has 7 heteroatoms. The molecule has 2 heterocycles. The Hall–Kier alpha value is -2.28. The molecule has 160 valence electrons. The van der Waals surface area contributed by atoms with Crippen LogP contribution in [-0.4, -0.2) is 66.4 Å². The first-order valence-electron chi connectivity index (χ1n) is 10.5. The molecule has 2 aliphatic rings. The first-order valence-corrected chi connectivity index (χ1v) is 10.5. The van der Waals surface area contributed by atoms with Crippen molar-refractivity contribution in [2.45, 2.75) is 51.9 Å². The second kappa shape index (κ2) is 9.48. The van der Waals surface area contributed by atoms with Gasteiger partial charge in [-0.15, -0.1) is 0 Å². The van der Waals surface area contributed by atoms with E-state index in [0.717, 1.165) is 38.0 Å². The molecule has 2 saturated heterocycles. The Balaban J connectivity index is 1.36. The third-order valence-electron chi connectivity index (χ3n) is 5.30. The maximum Gasteiger partial charge on any atom is 0.410 e. The highest BCUT2D eigenvalue weighted by Crippen LogP contribution is 2.24. The maximum absolute atomic E-state index is 12.4. The summed E-state index contributed by atoms with van der Waals surface area (Å²) < 4.78 is 10.8. The van der Waals surface area contributed by atoms with Crippen molar-refractivity contribution >= 4 is 12.2 Å². The molecule has 1 unspecified atom stereocenters. The van der Waals surface area contributed by atoms with Crippen LogP contribution in [0, 0.1) is 5.92 Å². The highest BCUT2D eigenvalue weighted by Gasteiger charge is 2.36. The summed E-state index contributed by atoms with van der Waals surface area (Å²) in [5, 5.41) is 2.85. The zero-order valence-electron chi connectivity index (χ0n) is 17.7. The van der Waals surface area contributed by atoms with Gasteiger partial charge in [0, 0.05) is 44.7 Å². The molecule has 2 fully saturated rings. The molecular weight excluding hydrogens is 370 g/mol. The van der Waals surface area contributed by atoms with Crippen LogP contribution >= 0.6 is 0 Å². The molecule has 0 bridgehead atoms. The van der Waals surface area contributed by atoms with Gasteiger partial charge >= 0.3 is 12.2 Å². The number of nitrogens with zero attached hydrogens (tertiary/aromatic N) is 2. The molecule has 2 aliphatic heterocycles. The normalized spacial score (nSPS) is 20.7. The number of carbonyl (C=O) groups excluding carboxylic acids is 2. The Kier molecular flexibility index (Phi) is 7.00. The number of likely N-dealkylation sites (tertiary alicyclic amines) is 2. The summed E-state index contributed by atoms with van der Waals surface area (Å²) in [6.07, 6.45) is 1.49. The van der Waals surface area contributed by atoms with Gasteiger partial charge in [-0.3, -0.25) is 4.90 Å². The lowest BCUT2D eigenvalue weighted by molar-refractivity contribution is 0.00709. The molecule has 0 aliphatic carbocycles. The van der Waals surface area contributed by atoms with Crippen molar-refractivity contribution in [3.8, 4) is 0 Å². The van der Waals surface area contributed by atoms with E-state index in [1.165, 1.54) is 0 Å². The second-order valence-electron chi connectivity index (χ2n) is 8.98. The molecule has 1 N–H and O–H groups in total. The van der Waals surface area contributed by atoms with E-state index < -0.39 is 5.60 Å². The lowest BCUT2D eigenvalue weighted by Crippen LogP contribution is -2.59. The summed E-state index contributed by atoms with van der Waals surface area (Å²) in [7, 11) is 0. The molecule has 1 atom stereocenters. The number of carbonyl (C=O) groups is 2. The predicted octanol–water partition coefficient (Wildman–Crippen LogP) is 3.24. The summed E-state index contributed by atoms with van der Waals surface area (Å²) in [6.45, 7) is 9.85. The average Bonchev–Trinajstić information content (AvgIpc) is 2.64. The number of hydrogen-bond donors (Lipinski definition) is 1. The zero-order valence-corrected chi connectivity index (χ0v) is 17.7. The molecule has 7 nitrogen and oxygen atoms in total. The van der Waals surface area contributed by atoms with E-state index in [2.05, 4.69) is 10.2 Å². The molecular formula is C22H33N3O4. The van der Waals surface area contributed by atoms with Gasteiger partial charge in [-0.25, -0.2) is 9.59 Å². The molecule has 1 aromatic rings. The lowest BCUT2D eigenvalue weighted by atomic mass is 9.94. The van der Waals surface area contributed by atoms with Crippen LogP contribution < -0.4 is 5.32 Å². The Bertz CT molecular complexity index is 683. The predicted molar refractivity (Wildman–Crippen MR) is 111 cm³/mol. The number of rotatable bonds is 5. The van der Waals surface area contributed by atoms with Gasteiger partial charge in [0.05, 0.1) is 0 Å². The molecule has 29 heavy (non-hydrogen) atoms. The van der Waals surface area contributed by atoms with Gasteiger partial charge in [0.1, 0.15) is 12.2 Å². The SMILES string of the molecule is CC(C)(C)OC(=O)NCC1CN(C2CCCN(C(=O)OCc3ccccc3)C2)C1. The quantitative estimate of drug-likeness (QED) is 0.817. The van der Waals surface area contributed by atoms with Gasteiger partial charge in [0.25, 0.3) is 0 Å². The van der Waals surface area contributed by atoms with Crippen molar-refractivity contribution in [2.75, 3.05) is 32.7 Å². The fourth-order valence-electron chi connectivity index (χ4n) is 3.81. The first kappa shape index (κ1) is 21.4. The van der Waals surface area contributed by atoms with Gasteiger partial charge in [0.2, 0.25) is 0 Å². The number of benzene rings is 1. The van der Waals surface area contributed by atoms with Crippen LogP contribution in [-0.2, 0) is 16.1 Å². The Morgan fingerprint density at radius 2 is 1.86 bits per heavy atom. The molecule has 2 amide bonds. The summed E-state index contributed by atoms with van der Waals surface area (Å²) >= 11 is 0. The number of piperidine rings is 1. The van der Waals surface area contributed by atoms with Gasteiger partial charge in [-0.1, -0.05) is 30.3 Å².